The van der Waals surface area contributed by atoms with Gasteiger partial charge in [-0.05, 0) is 92.7 Å². The van der Waals surface area contributed by atoms with Gasteiger partial charge < -0.3 is 4.18 Å². The Bertz CT molecular complexity index is 2740. The highest BCUT2D eigenvalue weighted by Crippen LogP contribution is 2.48. The molecule has 0 amide bonds. The highest BCUT2D eigenvalue weighted by Gasteiger charge is 2.34. The third kappa shape index (κ3) is 5.77. The van der Waals surface area contributed by atoms with Gasteiger partial charge in [0.25, 0.3) is 10.1 Å². The van der Waals surface area contributed by atoms with E-state index in [1.165, 1.54) is 6.07 Å². The van der Waals surface area contributed by atoms with E-state index >= 15 is 8.42 Å². The molecule has 1 N–H and O–H groups in total. The summed E-state index contributed by atoms with van der Waals surface area (Å²) in [6, 6.07) is 38.8. The minimum absolute atomic E-state index is 0.0343. The van der Waals surface area contributed by atoms with E-state index < -0.39 is 20.2 Å². The Morgan fingerprint density at radius 1 is 0.588 bits per heavy atom. The predicted octanol–water partition coefficient (Wildman–Crippen LogP) is 10.5. The second kappa shape index (κ2) is 12.6. The number of rotatable bonds is 7. The number of benzene rings is 7. The highest BCUT2D eigenvalue weighted by molar-refractivity contribution is 7.87. The molecule has 0 saturated carbocycles. The average Bonchev–Trinajstić information content (AvgIpc) is 3.13. The lowest BCUT2D eigenvalue weighted by molar-refractivity contribution is 0.470. The van der Waals surface area contributed by atoms with Gasteiger partial charge >= 0.3 is 10.1 Å². The van der Waals surface area contributed by atoms with Gasteiger partial charge in [0.15, 0.2) is 0 Å². The van der Waals surface area contributed by atoms with Crippen molar-refractivity contribution in [2.24, 2.45) is 0 Å². The van der Waals surface area contributed by atoms with Crippen LogP contribution in [0, 0.1) is 0 Å². The van der Waals surface area contributed by atoms with Crippen molar-refractivity contribution in [3.8, 4) is 28.0 Å². The summed E-state index contributed by atoms with van der Waals surface area (Å²) < 4.78 is 72.9. The molecule has 0 fully saturated rings. The van der Waals surface area contributed by atoms with Gasteiger partial charge in [-0.3, -0.25) is 4.55 Å². The molecule has 1 aliphatic rings. The Labute approximate surface area is 298 Å². The molecule has 256 valence electrons. The van der Waals surface area contributed by atoms with Crippen molar-refractivity contribution in [1.29, 1.82) is 0 Å². The third-order valence-corrected chi connectivity index (χ3v) is 12.3. The molecule has 7 aromatic rings. The fraction of sp³-hybridized carbons (Fsp3) is 0.163. The Hall–Kier alpha value is -5.02. The molecule has 0 radical (unpaired) electrons. The van der Waals surface area contributed by atoms with Crippen molar-refractivity contribution in [3.63, 3.8) is 0 Å². The summed E-state index contributed by atoms with van der Waals surface area (Å²) in [7, 11) is -9.22. The summed E-state index contributed by atoms with van der Waals surface area (Å²) in [4.78, 5) is -0.142. The number of fused-ring (bicyclic) bond motifs is 4. The maximum atomic E-state index is 15.5. The van der Waals surface area contributed by atoms with Crippen LogP contribution in [0.1, 0.15) is 49.3 Å². The van der Waals surface area contributed by atoms with Crippen LogP contribution < -0.4 is 4.18 Å². The summed E-state index contributed by atoms with van der Waals surface area (Å²) in [5, 5.41) is 5.36. The second-order valence-electron chi connectivity index (χ2n) is 13.5. The summed E-state index contributed by atoms with van der Waals surface area (Å²) in [6.45, 7) is 3.72. The Morgan fingerprint density at radius 3 is 1.75 bits per heavy atom. The van der Waals surface area contributed by atoms with Crippen LogP contribution in [0.3, 0.4) is 0 Å². The standard InChI is InChI=1S/C43H36O6S2/c1-27(2)38-26-40(50(44,45)46)35-21-9-10-22-37(35)42(38)49-51(47,48)43-39(34-23-11-16-28-13-3-6-18-31(28)34)25-30-15-5-8-20-33(30)41(43)36-24-12-17-29-14-4-7-19-32(29)36/h3-8,11-20,23-27H,9-10,21-22H2,1-2H3,(H,44,45,46). The van der Waals surface area contributed by atoms with Gasteiger partial charge in [0.1, 0.15) is 10.6 Å². The van der Waals surface area contributed by atoms with Crippen LogP contribution >= 0.6 is 0 Å². The van der Waals surface area contributed by atoms with E-state index in [0.717, 1.165) is 49.9 Å². The normalized spacial score (nSPS) is 13.6. The van der Waals surface area contributed by atoms with Crippen LogP contribution in [0.15, 0.2) is 131 Å². The molecule has 0 aliphatic heterocycles. The van der Waals surface area contributed by atoms with Crippen molar-refractivity contribution in [2.75, 3.05) is 0 Å². The highest BCUT2D eigenvalue weighted by atomic mass is 32.2. The Morgan fingerprint density at radius 2 is 1.12 bits per heavy atom. The predicted molar refractivity (Wildman–Crippen MR) is 205 cm³/mol. The first-order chi connectivity index (χ1) is 24.5. The van der Waals surface area contributed by atoms with E-state index in [9.17, 15) is 13.0 Å². The van der Waals surface area contributed by atoms with Crippen molar-refractivity contribution in [2.45, 2.75) is 55.2 Å². The first kappa shape index (κ1) is 33.1. The average molecular weight is 713 g/mol. The molecule has 0 saturated heterocycles. The molecule has 51 heavy (non-hydrogen) atoms. The molecule has 0 unspecified atom stereocenters. The molecular weight excluding hydrogens is 677 g/mol. The largest absolute Gasteiger partial charge is 0.378 e. The Kier molecular flexibility index (Phi) is 8.21. The van der Waals surface area contributed by atoms with Gasteiger partial charge in [-0.2, -0.15) is 16.8 Å². The van der Waals surface area contributed by atoms with Crippen molar-refractivity contribution < 1.29 is 25.6 Å². The van der Waals surface area contributed by atoms with Gasteiger partial charge in [0.05, 0.1) is 4.90 Å². The molecule has 1 aliphatic carbocycles. The number of hydrogen-bond acceptors (Lipinski definition) is 5. The minimum Gasteiger partial charge on any atom is -0.378 e. The van der Waals surface area contributed by atoms with Crippen molar-refractivity contribution in [3.05, 3.63) is 138 Å². The quantitative estimate of drug-likeness (QED) is 0.130. The van der Waals surface area contributed by atoms with Crippen LogP contribution in [-0.4, -0.2) is 21.4 Å². The van der Waals surface area contributed by atoms with Crippen molar-refractivity contribution >= 4 is 52.6 Å². The maximum absolute atomic E-state index is 15.5. The monoisotopic (exact) mass is 712 g/mol. The van der Waals surface area contributed by atoms with Crippen molar-refractivity contribution in [1.82, 2.24) is 0 Å². The van der Waals surface area contributed by atoms with Gasteiger partial charge in [-0.15, -0.1) is 0 Å². The van der Waals surface area contributed by atoms with Crippen LogP contribution in [0.4, 0.5) is 0 Å². The molecule has 8 rings (SSSR count). The van der Waals surface area contributed by atoms with E-state index in [1.807, 2.05) is 129 Å². The van der Waals surface area contributed by atoms with Crippen LogP contribution in [0.25, 0.3) is 54.6 Å². The summed E-state index contributed by atoms with van der Waals surface area (Å²) in [5.74, 6) is -0.164. The number of hydrogen-bond donors (Lipinski definition) is 1. The minimum atomic E-state index is -4.65. The van der Waals surface area contributed by atoms with E-state index in [-0.39, 0.29) is 21.5 Å². The molecule has 6 nitrogen and oxygen atoms in total. The third-order valence-electron chi connectivity index (χ3n) is 10.1. The summed E-state index contributed by atoms with van der Waals surface area (Å²) in [6.07, 6.45) is 2.25. The maximum Gasteiger partial charge on any atom is 0.340 e. The Balaban J connectivity index is 1.51. The van der Waals surface area contributed by atoms with E-state index in [1.54, 1.807) is 0 Å². The van der Waals surface area contributed by atoms with E-state index in [4.69, 9.17) is 4.18 Å². The molecule has 0 heterocycles. The van der Waals surface area contributed by atoms with Gasteiger partial charge in [-0.1, -0.05) is 123 Å². The first-order valence-corrected chi connectivity index (χ1v) is 20.0. The molecule has 0 aromatic heterocycles. The summed E-state index contributed by atoms with van der Waals surface area (Å²) in [5.41, 5.74) is 3.87. The van der Waals surface area contributed by atoms with Crippen LogP contribution in [0.5, 0.6) is 5.75 Å². The lowest BCUT2D eigenvalue weighted by Crippen LogP contribution is -2.19. The van der Waals surface area contributed by atoms with Gasteiger partial charge in [-0.25, -0.2) is 0 Å². The zero-order chi connectivity index (χ0) is 35.5. The molecule has 8 heteroatoms. The fourth-order valence-corrected chi connectivity index (χ4v) is 9.98. The molecule has 7 aromatic carbocycles. The molecule has 0 atom stereocenters. The topological polar surface area (TPSA) is 97.7 Å². The lowest BCUT2D eigenvalue weighted by Gasteiger charge is -2.26. The molecule has 0 spiro atoms. The van der Waals surface area contributed by atoms with Gasteiger partial charge in [0, 0.05) is 22.3 Å². The van der Waals surface area contributed by atoms with E-state index in [0.29, 0.717) is 47.1 Å². The van der Waals surface area contributed by atoms with Crippen LogP contribution in [0.2, 0.25) is 0 Å². The second-order valence-corrected chi connectivity index (χ2v) is 16.4. The zero-order valence-corrected chi connectivity index (χ0v) is 29.9. The zero-order valence-electron chi connectivity index (χ0n) is 28.3. The molecule has 0 bridgehead atoms. The SMILES string of the molecule is CC(C)c1cc(S(=O)(=O)O)c2c(c1OS(=O)(=O)c1c(-c3cccc4ccccc34)cc3ccccc3c1-c1cccc3ccccc13)CCCC2. The fourth-order valence-electron chi connectivity index (χ4n) is 7.76. The van der Waals surface area contributed by atoms with Crippen LogP contribution in [-0.2, 0) is 33.1 Å². The smallest absolute Gasteiger partial charge is 0.340 e. The first-order valence-electron chi connectivity index (χ1n) is 17.2. The van der Waals surface area contributed by atoms with E-state index in [2.05, 4.69) is 0 Å². The molecular formula is C43H36O6S2. The lowest BCUT2D eigenvalue weighted by atomic mass is 9.87. The van der Waals surface area contributed by atoms with Gasteiger partial charge in [0.2, 0.25) is 0 Å². The summed E-state index contributed by atoms with van der Waals surface area (Å²) >= 11 is 0.